The third-order valence-electron chi connectivity index (χ3n) is 5.66. The van der Waals surface area contributed by atoms with Gasteiger partial charge in [-0.3, -0.25) is 0 Å². The van der Waals surface area contributed by atoms with Gasteiger partial charge in [-0.05, 0) is 67.7 Å². The summed E-state index contributed by atoms with van der Waals surface area (Å²) >= 11 is 0. The topological polar surface area (TPSA) is 27.7 Å². The lowest BCUT2D eigenvalue weighted by Gasteiger charge is -2.40. The van der Waals surface area contributed by atoms with E-state index in [9.17, 15) is 4.39 Å². The molecule has 0 spiro atoms. The van der Waals surface area contributed by atoms with E-state index in [1.807, 2.05) is 24.3 Å². The number of nitrogens with one attached hydrogen (secondary N) is 1. The minimum Gasteiger partial charge on any atom is -0.493 e. The Hall–Kier alpha value is -2.53. The zero-order valence-electron chi connectivity index (χ0n) is 19.1. The van der Waals surface area contributed by atoms with Crippen molar-refractivity contribution in [2.45, 2.75) is 45.8 Å². The molecular weight excluding hydrogens is 389 g/mol. The molecule has 0 amide bonds. The van der Waals surface area contributed by atoms with Crippen LogP contribution in [0.4, 0.5) is 4.39 Å². The van der Waals surface area contributed by atoms with E-state index in [1.165, 1.54) is 24.1 Å². The lowest BCUT2D eigenvalue weighted by Crippen LogP contribution is -2.47. The van der Waals surface area contributed by atoms with E-state index < -0.39 is 0 Å². The maximum Gasteiger partial charge on any atom is 0.123 e. The highest BCUT2D eigenvalue weighted by Crippen LogP contribution is 2.21. The van der Waals surface area contributed by atoms with Gasteiger partial charge in [-0.15, -0.1) is 0 Å². The number of halogens is 1. The molecule has 3 rings (SSSR count). The molecule has 2 aromatic rings. The number of rotatable bonds is 10. The second-order valence-corrected chi connectivity index (χ2v) is 8.96. The Morgan fingerprint density at radius 3 is 2.48 bits per heavy atom. The van der Waals surface area contributed by atoms with Crippen LogP contribution in [0.25, 0.3) is 0 Å². The highest BCUT2D eigenvalue weighted by molar-refractivity contribution is 5.27. The molecule has 1 unspecified atom stereocenters. The molecule has 1 fully saturated rings. The Morgan fingerprint density at radius 1 is 1.16 bits per heavy atom. The van der Waals surface area contributed by atoms with Gasteiger partial charge in [-0.2, -0.15) is 0 Å². The summed E-state index contributed by atoms with van der Waals surface area (Å²) in [6.45, 7) is 12.9. The Kier molecular flexibility index (Phi) is 8.35. The summed E-state index contributed by atoms with van der Waals surface area (Å²) in [6.07, 6.45) is 2.31. The minimum atomic E-state index is -0.203. The van der Waals surface area contributed by atoms with Crippen LogP contribution in [0.2, 0.25) is 0 Å². The van der Waals surface area contributed by atoms with Crippen LogP contribution in [-0.2, 0) is 13.1 Å². The molecule has 2 aromatic carbocycles. The van der Waals surface area contributed by atoms with Gasteiger partial charge in [-0.1, -0.05) is 44.7 Å². The molecule has 31 heavy (non-hydrogen) atoms. The predicted molar refractivity (Wildman–Crippen MR) is 125 cm³/mol. The van der Waals surface area contributed by atoms with Crippen molar-refractivity contribution in [1.29, 1.82) is 0 Å². The van der Waals surface area contributed by atoms with Crippen LogP contribution in [-0.4, -0.2) is 42.6 Å². The summed E-state index contributed by atoms with van der Waals surface area (Å²) < 4.78 is 19.1. The molecule has 0 bridgehead atoms. The van der Waals surface area contributed by atoms with Crippen molar-refractivity contribution in [3.63, 3.8) is 0 Å². The van der Waals surface area contributed by atoms with E-state index in [2.05, 4.69) is 54.7 Å². The maximum absolute atomic E-state index is 13.4. The van der Waals surface area contributed by atoms with E-state index in [0.29, 0.717) is 25.0 Å². The van der Waals surface area contributed by atoms with E-state index in [1.54, 1.807) is 0 Å². The fourth-order valence-electron chi connectivity index (χ4n) is 3.90. The van der Waals surface area contributed by atoms with Crippen molar-refractivity contribution in [2.24, 2.45) is 5.92 Å². The summed E-state index contributed by atoms with van der Waals surface area (Å²) in [5, 5.41) is 3.51. The molecule has 5 heteroatoms. The quantitative estimate of drug-likeness (QED) is 0.579. The van der Waals surface area contributed by atoms with E-state index in [-0.39, 0.29) is 5.82 Å². The third kappa shape index (κ3) is 7.28. The minimum absolute atomic E-state index is 0.203. The van der Waals surface area contributed by atoms with Crippen molar-refractivity contribution in [1.82, 2.24) is 15.1 Å². The van der Waals surface area contributed by atoms with Crippen molar-refractivity contribution in [3.05, 3.63) is 77.9 Å². The highest BCUT2D eigenvalue weighted by Gasteiger charge is 2.25. The summed E-state index contributed by atoms with van der Waals surface area (Å²) in [5.74, 6) is 2.12. The smallest absolute Gasteiger partial charge is 0.123 e. The van der Waals surface area contributed by atoms with Gasteiger partial charge < -0.3 is 19.9 Å². The summed E-state index contributed by atoms with van der Waals surface area (Å²) in [4.78, 5) is 4.71. The van der Waals surface area contributed by atoms with Crippen molar-refractivity contribution in [3.8, 4) is 5.75 Å². The SMILES string of the molecule is C=C(NCc1ccc(OCC(C)C)cc1)N(Cc1ccc(F)cc1)C1CCCN(C)C1. The second kappa shape index (κ2) is 11.2. The first-order valence-corrected chi connectivity index (χ1v) is 11.2. The van der Waals surface area contributed by atoms with E-state index >= 15 is 0 Å². The predicted octanol–water partition coefficient (Wildman–Crippen LogP) is 5.02. The number of nitrogens with zero attached hydrogens (tertiary/aromatic N) is 2. The number of hydrogen-bond acceptors (Lipinski definition) is 4. The molecule has 1 aliphatic rings. The number of piperidine rings is 1. The van der Waals surface area contributed by atoms with Crippen LogP contribution in [0, 0.1) is 11.7 Å². The molecule has 1 aliphatic heterocycles. The van der Waals surface area contributed by atoms with Gasteiger partial charge in [-0.25, -0.2) is 4.39 Å². The van der Waals surface area contributed by atoms with Crippen LogP contribution in [0.3, 0.4) is 0 Å². The normalized spacial score (nSPS) is 16.9. The van der Waals surface area contributed by atoms with E-state index in [4.69, 9.17) is 4.74 Å². The first kappa shape index (κ1) is 23.1. The molecule has 0 aliphatic carbocycles. The molecule has 168 valence electrons. The lowest BCUT2D eigenvalue weighted by atomic mass is 10.0. The first-order chi connectivity index (χ1) is 14.9. The summed E-state index contributed by atoms with van der Waals surface area (Å²) in [5.41, 5.74) is 2.27. The molecule has 0 radical (unpaired) electrons. The van der Waals surface area contributed by atoms with Crippen molar-refractivity contribution < 1.29 is 9.13 Å². The van der Waals surface area contributed by atoms with Crippen molar-refractivity contribution >= 4 is 0 Å². The zero-order chi connectivity index (χ0) is 22.2. The highest BCUT2D eigenvalue weighted by atomic mass is 19.1. The van der Waals surface area contributed by atoms with Crippen LogP contribution >= 0.6 is 0 Å². The van der Waals surface area contributed by atoms with Crippen molar-refractivity contribution in [2.75, 3.05) is 26.7 Å². The van der Waals surface area contributed by atoms with Crippen LogP contribution in [0.1, 0.15) is 37.8 Å². The molecule has 1 atom stereocenters. The average Bonchev–Trinajstić information content (AvgIpc) is 2.76. The number of hydrogen-bond donors (Lipinski definition) is 1. The van der Waals surface area contributed by atoms with Gasteiger partial charge in [0.05, 0.1) is 12.4 Å². The third-order valence-corrected chi connectivity index (χ3v) is 5.66. The Balaban J connectivity index is 1.62. The Labute approximate surface area is 186 Å². The molecular formula is C26H36FN3O. The number of benzene rings is 2. The van der Waals surface area contributed by atoms with E-state index in [0.717, 1.165) is 43.3 Å². The van der Waals surface area contributed by atoms with Gasteiger partial charge in [0, 0.05) is 25.7 Å². The first-order valence-electron chi connectivity index (χ1n) is 11.2. The fourth-order valence-corrected chi connectivity index (χ4v) is 3.90. The fraction of sp³-hybridized carbons (Fsp3) is 0.462. The molecule has 1 N–H and O–H groups in total. The van der Waals surface area contributed by atoms with Gasteiger partial charge in [0.15, 0.2) is 0 Å². The number of likely N-dealkylation sites (tertiary alicyclic amines) is 1. The van der Waals surface area contributed by atoms with Gasteiger partial charge in [0.1, 0.15) is 11.6 Å². The Bertz CT molecular complexity index is 820. The van der Waals surface area contributed by atoms with Crippen LogP contribution < -0.4 is 10.1 Å². The number of ether oxygens (including phenoxy) is 1. The van der Waals surface area contributed by atoms with Crippen LogP contribution in [0.5, 0.6) is 5.75 Å². The van der Waals surface area contributed by atoms with Gasteiger partial charge in [0.2, 0.25) is 0 Å². The Morgan fingerprint density at radius 2 is 1.84 bits per heavy atom. The molecule has 0 aromatic heterocycles. The monoisotopic (exact) mass is 425 g/mol. The molecule has 4 nitrogen and oxygen atoms in total. The standard InChI is InChI=1S/C26H36FN3O/c1-20(2)19-31-26-13-9-22(10-14-26)16-28-21(3)30(25-6-5-15-29(4)18-25)17-23-7-11-24(27)12-8-23/h7-14,20,25,28H,3,5-6,15-19H2,1-2,4H3. The van der Waals surface area contributed by atoms with Gasteiger partial charge >= 0.3 is 0 Å². The number of likely N-dealkylation sites (N-methyl/N-ethyl adjacent to an activating group) is 1. The lowest BCUT2D eigenvalue weighted by molar-refractivity contribution is 0.128. The maximum atomic E-state index is 13.4. The largest absolute Gasteiger partial charge is 0.493 e. The average molecular weight is 426 g/mol. The molecule has 1 heterocycles. The second-order valence-electron chi connectivity index (χ2n) is 8.96. The zero-order valence-corrected chi connectivity index (χ0v) is 19.1. The van der Waals surface area contributed by atoms with Crippen LogP contribution in [0.15, 0.2) is 60.9 Å². The molecule has 1 saturated heterocycles. The summed E-state index contributed by atoms with van der Waals surface area (Å²) in [7, 11) is 2.17. The van der Waals surface area contributed by atoms with Gasteiger partial charge in [0.25, 0.3) is 0 Å². The summed E-state index contributed by atoms with van der Waals surface area (Å²) in [6, 6.07) is 15.4. The molecule has 0 saturated carbocycles.